The van der Waals surface area contributed by atoms with Gasteiger partial charge in [-0.1, -0.05) is 27.7 Å². The third-order valence-electron chi connectivity index (χ3n) is 3.72. The monoisotopic (exact) mass is 284 g/mol. The number of carbonyl (C=O) groups is 3. The molecule has 0 radical (unpaired) electrons. The van der Waals surface area contributed by atoms with Crippen LogP contribution in [0.3, 0.4) is 0 Å². The molecule has 0 rings (SSSR count). The standard InChI is InChI=1S/C14H24N2O4/c1-8(2)14(5,6)7-15-13(20)16-11(17)9(3)10(4)12(18)19/h8H,7H2,1-6H3,(H,18,19)(H2,15,16,17,20). The van der Waals surface area contributed by atoms with Crippen molar-refractivity contribution in [2.24, 2.45) is 11.3 Å². The number of hydrogen-bond donors (Lipinski definition) is 3. The van der Waals surface area contributed by atoms with Gasteiger partial charge in [0.15, 0.2) is 0 Å². The van der Waals surface area contributed by atoms with Crippen molar-refractivity contribution < 1.29 is 19.5 Å². The van der Waals surface area contributed by atoms with Gasteiger partial charge in [-0.15, -0.1) is 0 Å². The number of carboxylic acid groups (broad SMARTS) is 1. The number of imide groups is 1. The molecule has 6 nitrogen and oxygen atoms in total. The molecule has 0 aliphatic carbocycles. The Morgan fingerprint density at radius 3 is 2.00 bits per heavy atom. The first kappa shape index (κ1) is 18.1. The van der Waals surface area contributed by atoms with E-state index < -0.39 is 17.9 Å². The Hall–Kier alpha value is -1.85. The minimum Gasteiger partial charge on any atom is -0.478 e. The number of rotatable bonds is 5. The Labute approximate surface area is 119 Å². The minimum atomic E-state index is -1.18. The van der Waals surface area contributed by atoms with Gasteiger partial charge in [0, 0.05) is 17.7 Å². The van der Waals surface area contributed by atoms with Crippen molar-refractivity contribution in [2.45, 2.75) is 41.5 Å². The predicted molar refractivity (Wildman–Crippen MR) is 76.2 cm³/mol. The summed E-state index contributed by atoms with van der Waals surface area (Å²) in [5, 5.41) is 13.5. The van der Waals surface area contributed by atoms with Gasteiger partial charge in [-0.2, -0.15) is 0 Å². The highest BCUT2D eigenvalue weighted by Gasteiger charge is 2.23. The molecule has 0 atom stereocenters. The van der Waals surface area contributed by atoms with Crippen LogP contribution in [0.4, 0.5) is 4.79 Å². The predicted octanol–water partition coefficient (Wildman–Crippen LogP) is 1.92. The summed E-state index contributed by atoms with van der Waals surface area (Å²) in [5.74, 6) is -1.52. The van der Waals surface area contributed by atoms with Crippen LogP contribution in [0.1, 0.15) is 41.5 Å². The van der Waals surface area contributed by atoms with E-state index in [1.54, 1.807) is 0 Å². The van der Waals surface area contributed by atoms with E-state index in [0.29, 0.717) is 12.5 Å². The summed E-state index contributed by atoms with van der Waals surface area (Å²) < 4.78 is 0. The van der Waals surface area contributed by atoms with Gasteiger partial charge in [-0.25, -0.2) is 9.59 Å². The summed E-state index contributed by atoms with van der Waals surface area (Å²) in [5.41, 5.74) is -0.170. The second-order valence-electron chi connectivity index (χ2n) is 5.84. The minimum absolute atomic E-state index is 0.00997. The van der Waals surface area contributed by atoms with E-state index in [1.807, 2.05) is 27.7 Å². The molecule has 0 saturated carbocycles. The lowest BCUT2D eigenvalue weighted by molar-refractivity contribution is -0.133. The fourth-order valence-corrected chi connectivity index (χ4v) is 1.08. The van der Waals surface area contributed by atoms with Gasteiger partial charge >= 0.3 is 12.0 Å². The average molecular weight is 284 g/mol. The second kappa shape index (κ2) is 7.07. The fourth-order valence-electron chi connectivity index (χ4n) is 1.08. The van der Waals surface area contributed by atoms with Gasteiger partial charge in [-0.3, -0.25) is 10.1 Å². The quantitative estimate of drug-likeness (QED) is 0.672. The van der Waals surface area contributed by atoms with Crippen LogP contribution < -0.4 is 10.6 Å². The van der Waals surface area contributed by atoms with E-state index in [4.69, 9.17) is 5.11 Å². The molecule has 0 spiro atoms. The molecule has 0 aliphatic rings. The molecule has 114 valence electrons. The number of nitrogens with one attached hydrogen (secondary N) is 2. The highest BCUT2D eigenvalue weighted by atomic mass is 16.4. The molecule has 0 aromatic heterocycles. The summed E-state index contributed by atoms with van der Waals surface area (Å²) in [6, 6.07) is -0.624. The maximum Gasteiger partial charge on any atom is 0.331 e. The summed E-state index contributed by atoms with van der Waals surface area (Å²) in [6.07, 6.45) is 0. The molecule has 3 amide bonds. The van der Waals surface area contributed by atoms with Crippen molar-refractivity contribution in [3.05, 3.63) is 11.1 Å². The van der Waals surface area contributed by atoms with Gasteiger partial charge in [0.05, 0.1) is 0 Å². The Balaban J connectivity index is 4.54. The van der Waals surface area contributed by atoms with Crippen LogP contribution in [0, 0.1) is 11.3 Å². The summed E-state index contributed by atoms with van der Waals surface area (Å²) in [4.78, 5) is 34.0. The molecule has 6 heteroatoms. The van der Waals surface area contributed by atoms with E-state index >= 15 is 0 Å². The van der Waals surface area contributed by atoms with Crippen molar-refractivity contribution in [3.8, 4) is 0 Å². The first-order chi connectivity index (χ1) is 8.99. The highest BCUT2D eigenvalue weighted by molar-refractivity contribution is 6.07. The van der Waals surface area contributed by atoms with Crippen molar-refractivity contribution >= 4 is 17.9 Å². The third-order valence-corrected chi connectivity index (χ3v) is 3.72. The van der Waals surface area contributed by atoms with Crippen LogP contribution in [0.25, 0.3) is 0 Å². The molecule has 0 aromatic rings. The van der Waals surface area contributed by atoms with Gasteiger partial charge in [0.1, 0.15) is 0 Å². The molecule has 0 fully saturated rings. The SMILES string of the molecule is CC(C(=O)O)=C(C)C(=O)NC(=O)NCC(C)(C)C(C)C. The fraction of sp³-hybridized carbons (Fsp3) is 0.643. The van der Waals surface area contributed by atoms with Crippen LogP contribution in [-0.2, 0) is 9.59 Å². The lowest BCUT2D eigenvalue weighted by Crippen LogP contribution is -2.44. The topological polar surface area (TPSA) is 95.5 Å². The lowest BCUT2D eigenvalue weighted by Gasteiger charge is -2.29. The van der Waals surface area contributed by atoms with Crippen LogP contribution in [0.15, 0.2) is 11.1 Å². The van der Waals surface area contributed by atoms with Crippen LogP contribution in [0.2, 0.25) is 0 Å². The Bertz CT molecular complexity index is 436. The molecule has 0 aromatic carbocycles. The molecular formula is C14H24N2O4. The molecule has 0 aliphatic heterocycles. The summed E-state index contributed by atoms with van der Waals surface area (Å²) in [7, 11) is 0. The molecule has 0 saturated heterocycles. The van der Waals surface area contributed by atoms with E-state index in [2.05, 4.69) is 10.6 Å². The highest BCUT2D eigenvalue weighted by Crippen LogP contribution is 2.24. The van der Waals surface area contributed by atoms with Crippen LogP contribution >= 0.6 is 0 Å². The van der Waals surface area contributed by atoms with E-state index in [1.165, 1.54) is 13.8 Å². The van der Waals surface area contributed by atoms with Gasteiger partial charge in [0.2, 0.25) is 0 Å². The summed E-state index contributed by atoms with van der Waals surface area (Å²) in [6.45, 7) is 11.2. The normalized spacial score (nSPS) is 12.8. The van der Waals surface area contributed by atoms with E-state index in [9.17, 15) is 14.4 Å². The number of carboxylic acids is 1. The molecule has 3 N–H and O–H groups in total. The smallest absolute Gasteiger partial charge is 0.331 e. The van der Waals surface area contributed by atoms with Crippen LogP contribution in [0.5, 0.6) is 0 Å². The number of hydrogen-bond acceptors (Lipinski definition) is 3. The van der Waals surface area contributed by atoms with Gasteiger partial charge < -0.3 is 10.4 Å². The number of carbonyl (C=O) groups excluding carboxylic acids is 2. The number of urea groups is 1. The molecular weight excluding hydrogens is 260 g/mol. The molecule has 20 heavy (non-hydrogen) atoms. The maximum absolute atomic E-state index is 11.7. The van der Waals surface area contributed by atoms with Crippen molar-refractivity contribution in [1.82, 2.24) is 10.6 Å². The zero-order chi connectivity index (χ0) is 16.1. The average Bonchev–Trinajstić information content (AvgIpc) is 2.34. The Kier molecular flexibility index (Phi) is 6.42. The first-order valence-electron chi connectivity index (χ1n) is 6.49. The summed E-state index contributed by atoms with van der Waals surface area (Å²) >= 11 is 0. The van der Waals surface area contributed by atoms with Gasteiger partial charge in [0.25, 0.3) is 5.91 Å². The largest absolute Gasteiger partial charge is 0.478 e. The zero-order valence-electron chi connectivity index (χ0n) is 13.0. The maximum atomic E-state index is 11.7. The van der Waals surface area contributed by atoms with Crippen molar-refractivity contribution in [3.63, 3.8) is 0 Å². The number of amides is 3. The second-order valence-corrected chi connectivity index (χ2v) is 5.84. The Morgan fingerprint density at radius 2 is 1.60 bits per heavy atom. The zero-order valence-corrected chi connectivity index (χ0v) is 13.0. The van der Waals surface area contributed by atoms with Crippen molar-refractivity contribution in [2.75, 3.05) is 6.54 Å². The van der Waals surface area contributed by atoms with E-state index in [-0.39, 0.29) is 16.6 Å². The molecule has 0 unspecified atom stereocenters. The first-order valence-corrected chi connectivity index (χ1v) is 6.49. The van der Waals surface area contributed by atoms with Crippen molar-refractivity contribution in [1.29, 1.82) is 0 Å². The molecule has 0 bridgehead atoms. The third kappa shape index (κ3) is 5.42. The van der Waals surface area contributed by atoms with Crippen LogP contribution in [-0.4, -0.2) is 29.6 Å². The lowest BCUT2D eigenvalue weighted by atomic mass is 9.81. The van der Waals surface area contributed by atoms with E-state index in [0.717, 1.165) is 0 Å². The van der Waals surface area contributed by atoms with Gasteiger partial charge in [-0.05, 0) is 25.2 Å². The number of aliphatic carboxylic acids is 1. The Morgan fingerprint density at radius 1 is 1.10 bits per heavy atom. The molecule has 0 heterocycles.